The maximum absolute atomic E-state index is 12.8. The number of thioether (sulfide) groups is 1. The predicted molar refractivity (Wildman–Crippen MR) is 122 cm³/mol. The van der Waals surface area contributed by atoms with Crippen LogP contribution in [0.1, 0.15) is 46.7 Å². The van der Waals surface area contributed by atoms with Crippen LogP contribution in [0, 0.1) is 20.8 Å². The van der Waals surface area contributed by atoms with Crippen LogP contribution >= 0.6 is 11.8 Å². The van der Waals surface area contributed by atoms with Gasteiger partial charge in [0.1, 0.15) is 0 Å². The summed E-state index contributed by atoms with van der Waals surface area (Å²) in [7, 11) is 1.38. The summed E-state index contributed by atoms with van der Waals surface area (Å²) < 4.78 is 6.96. The fraction of sp³-hybridized carbons (Fsp3) is 0.348. The van der Waals surface area contributed by atoms with Crippen molar-refractivity contribution in [1.29, 1.82) is 0 Å². The number of hydrogen-bond acceptors (Lipinski definition) is 5. The average Bonchev–Trinajstić information content (AvgIpc) is 3.17. The van der Waals surface area contributed by atoms with Gasteiger partial charge in [0.2, 0.25) is 0 Å². The van der Waals surface area contributed by atoms with E-state index in [1.165, 1.54) is 18.9 Å². The number of benzene rings is 1. The minimum Gasteiger partial charge on any atom is -0.465 e. The molecule has 1 amide bonds. The molecule has 7 heteroatoms. The Morgan fingerprint density at radius 2 is 1.93 bits per heavy atom. The van der Waals surface area contributed by atoms with Crippen LogP contribution in [0.2, 0.25) is 0 Å². The number of nitrogens with zero attached hydrogens (tertiary/aromatic N) is 3. The zero-order valence-corrected chi connectivity index (χ0v) is 19.1. The molecule has 0 atom stereocenters. The minimum absolute atomic E-state index is 0.00175. The molecule has 1 aliphatic heterocycles. The highest BCUT2D eigenvalue weighted by Gasteiger charge is 2.32. The van der Waals surface area contributed by atoms with Crippen molar-refractivity contribution in [2.75, 3.05) is 20.2 Å². The molecule has 0 unspecified atom stereocenters. The lowest BCUT2D eigenvalue weighted by atomic mass is 10.1. The number of esters is 1. The second kappa shape index (κ2) is 8.92. The van der Waals surface area contributed by atoms with Crippen molar-refractivity contribution in [2.24, 2.45) is 4.99 Å². The Morgan fingerprint density at radius 3 is 2.53 bits per heavy atom. The number of rotatable bonds is 5. The molecule has 2 heterocycles. The number of aliphatic imine (C=N–C) groups is 1. The largest absolute Gasteiger partial charge is 0.465 e. The van der Waals surface area contributed by atoms with Gasteiger partial charge in [-0.25, -0.2) is 4.79 Å². The second-order valence-electron chi connectivity index (χ2n) is 7.07. The highest BCUT2D eigenvalue weighted by atomic mass is 32.2. The fourth-order valence-electron chi connectivity index (χ4n) is 3.64. The number of aryl methyl sites for hydroxylation is 2. The van der Waals surface area contributed by atoms with Crippen LogP contribution in [0.25, 0.3) is 11.8 Å². The van der Waals surface area contributed by atoms with E-state index in [4.69, 9.17) is 4.74 Å². The van der Waals surface area contributed by atoms with E-state index in [-0.39, 0.29) is 11.9 Å². The first-order valence-electron chi connectivity index (χ1n) is 9.96. The zero-order chi connectivity index (χ0) is 22.0. The molecule has 3 rings (SSSR count). The molecule has 0 saturated carbocycles. The third-order valence-electron chi connectivity index (χ3n) is 5.11. The third kappa shape index (κ3) is 3.94. The highest BCUT2D eigenvalue weighted by Crippen LogP contribution is 2.34. The molecular formula is C23H27N3O3S. The molecule has 1 aliphatic rings. The maximum Gasteiger partial charge on any atom is 0.337 e. The number of hydrogen-bond donors (Lipinski definition) is 0. The maximum atomic E-state index is 12.8. The van der Waals surface area contributed by atoms with Gasteiger partial charge in [0.25, 0.3) is 5.91 Å². The molecular weight excluding hydrogens is 398 g/mol. The number of amides is 1. The van der Waals surface area contributed by atoms with Crippen molar-refractivity contribution in [3.8, 4) is 5.69 Å². The summed E-state index contributed by atoms with van der Waals surface area (Å²) >= 11 is 1.43. The Hall–Kier alpha value is -2.80. The summed E-state index contributed by atoms with van der Waals surface area (Å²) in [5, 5.41) is 0.763. The Balaban J connectivity index is 2.01. The average molecular weight is 426 g/mol. The molecule has 1 aromatic heterocycles. The van der Waals surface area contributed by atoms with Crippen molar-refractivity contribution in [3.63, 3.8) is 0 Å². The van der Waals surface area contributed by atoms with Gasteiger partial charge in [-0.15, -0.1) is 0 Å². The van der Waals surface area contributed by atoms with Crippen LogP contribution < -0.4 is 0 Å². The molecule has 30 heavy (non-hydrogen) atoms. The van der Waals surface area contributed by atoms with Gasteiger partial charge in [-0.2, -0.15) is 0 Å². The minimum atomic E-state index is -0.349. The summed E-state index contributed by atoms with van der Waals surface area (Å²) in [5.74, 6) is -0.351. The van der Waals surface area contributed by atoms with Gasteiger partial charge in [-0.05, 0) is 87.8 Å². The number of carbonyl (C=O) groups excluding carboxylic acids is 2. The van der Waals surface area contributed by atoms with Gasteiger partial charge < -0.3 is 9.30 Å². The number of likely N-dealkylation sites (N-methyl/N-ethyl adjacent to an activating group) is 1. The van der Waals surface area contributed by atoms with Crippen LogP contribution in [0.4, 0.5) is 0 Å². The number of aromatic nitrogens is 1. The van der Waals surface area contributed by atoms with Gasteiger partial charge in [-0.1, -0.05) is 0 Å². The van der Waals surface area contributed by atoms with Gasteiger partial charge in [0.05, 0.1) is 17.6 Å². The molecule has 2 aromatic rings. The predicted octanol–water partition coefficient (Wildman–Crippen LogP) is 4.50. The van der Waals surface area contributed by atoms with E-state index in [0.29, 0.717) is 23.6 Å². The fourth-order valence-corrected chi connectivity index (χ4v) is 4.73. The van der Waals surface area contributed by atoms with Crippen molar-refractivity contribution in [2.45, 2.75) is 34.6 Å². The van der Waals surface area contributed by atoms with E-state index in [1.54, 1.807) is 11.0 Å². The summed E-state index contributed by atoms with van der Waals surface area (Å²) in [6.07, 6.45) is 1.95. The van der Waals surface area contributed by atoms with Crippen molar-refractivity contribution < 1.29 is 14.3 Å². The SMILES string of the molecule is CCN=C1S/C(=C/c2cc(C)n(-c3ccc(C(=O)OC)cc3C)c2C)C(=O)N1CC. The second-order valence-corrected chi connectivity index (χ2v) is 8.08. The van der Waals surface area contributed by atoms with Crippen LogP contribution in [0.3, 0.4) is 0 Å². The first-order chi connectivity index (χ1) is 14.3. The molecule has 1 fully saturated rings. The highest BCUT2D eigenvalue weighted by molar-refractivity contribution is 8.18. The van der Waals surface area contributed by atoms with E-state index in [0.717, 1.165) is 33.4 Å². The quantitative estimate of drug-likeness (QED) is 0.523. The van der Waals surface area contributed by atoms with Crippen molar-refractivity contribution >= 4 is 34.9 Å². The first kappa shape index (κ1) is 21.9. The number of amidine groups is 1. The van der Waals surface area contributed by atoms with E-state index >= 15 is 0 Å². The zero-order valence-electron chi connectivity index (χ0n) is 18.3. The topological polar surface area (TPSA) is 63.9 Å². The van der Waals surface area contributed by atoms with E-state index in [2.05, 4.69) is 15.6 Å². The first-order valence-corrected chi connectivity index (χ1v) is 10.8. The Kier molecular flexibility index (Phi) is 6.51. The lowest BCUT2D eigenvalue weighted by Gasteiger charge is -2.14. The van der Waals surface area contributed by atoms with E-state index in [1.807, 2.05) is 52.8 Å². The summed E-state index contributed by atoms with van der Waals surface area (Å²) in [4.78, 5) is 31.5. The lowest BCUT2D eigenvalue weighted by Crippen LogP contribution is -2.28. The van der Waals surface area contributed by atoms with Crippen molar-refractivity contribution in [3.05, 3.63) is 57.2 Å². The Morgan fingerprint density at radius 1 is 1.20 bits per heavy atom. The van der Waals surface area contributed by atoms with Gasteiger partial charge in [0, 0.05) is 30.2 Å². The van der Waals surface area contributed by atoms with E-state index in [9.17, 15) is 9.59 Å². The molecule has 158 valence electrons. The number of methoxy groups -OCH3 is 1. The molecule has 0 spiro atoms. The summed E-state index contributed by atoms with van der Waals surface area (Å²) in [6.45, 7) is 11.2. The standard InChI is InChI=1S/C23H27N3O3S/c1-7-24-23-25(8-2)21(27)20(30-23)13-18-12-15(4)26(16(18)5)19-10-9-17(11-14(19)3)22(28)29-6/h9-13H,7-8H2,1-6H3/b20-13+,24-23?. The van der Waals surface area contributed by atoms with Gasteiger partial charge in [0.15, 0.2) is 5.17 Å². The Bertz CT molecular complexity index is 1070. The van der Waals surface area contributed by atoms with Crippen LogP contribution in [-0.2, 0) is 9.53 Å². The number of ether oxygens (including phenoxy) is 1. The van der Waals surface area contributed by atoms with Crippen molar-refractivity contribution in [1.82, 2.24) is 9.47 Å². The molecule has 0 bridgehead atoms. The molecule has 0 radical (unpaired) electrons. The lowest BCUT2D eigenvalue weighted by molar-refractivity contribution is -0.122. The number of carbonyl (C=O) groups is 2. The smallest absolute Gasteiger partial charge is 0.337 e. The molecule has 1 aromatic carbocycles. The van der Waals surface area contributed by atoms with Gasteiger partial charge >= 0.3 is 5.97 Å². The third-order valence-corrected chi connectivity index (χ3v) is 6.16. The Labute approximate surface area is 181 Å². The molecule has 0 N–H and O–H groups in total. The summed E-state index contributed by atoms with van der Waals surface area (Å²) in [5.41, 5.74) is 5.58. The normalized spacial score (nSPS) is 16.7. The van der Waals surface area contributed by atoms with Gasteiger partial charge in [-0.3, -0.25) is 14.7 Å². The molecule has 6 nitrogen and oxygen atoms in total. The monoisotopic (exact) mass is 425 g/mol. The molecule has 1 saturated heterocycles. The van der Waals surface area contributed by atoms with E-state index < -0.39 is 0 Å². The summed E-state index contributed by atoms with van der Waals surface area (Å²) in [6, 6.07) is 7.61. The van der Waals surface area contributed by atoms with Crippen LogP contribution in [-0.4, -0.2) is 46.7 Å². The molecule has 0 aliphatic carbocycles. The van der Waals surface area contributed by atoms with Crippen LogP contribution in [0.15, 0.2) is 34.2 Å². The van der Waals surface area contributed by atoms with Crippen LogP contribution in [0.5, 0.6) is 0 Å².